The number of aryl methyl sites for hydroxylation is 1. The van der Waals surface area contributed by atoms with Crippen LogP contribution in [0.1, 0.15) is 12.5 Å². The second-order valence-electron chi connectivity index (χ2n) is 6.27. The van der Waals surface area contributed by atoms with Gasteiger partial charge in [-0.25, -0.2) is 4.39 Å². The van der Waals surface area contributed by atoms with Crippen molar-refractivity contribution in [1.82, 2.24) is 4.90 Å². The SMILES string of the molecule is CCOc1ccccc1N1CCN(C(=S)Nc2ccc(C)c(F)c2)CC1. The molecule has 0 spiro atoms. The lowest BCUT2D eigenvalue weighted by molar-refractivity contribution is 0.336. The minimum atomic E-state index is -0.227. The number of hydrogen-bond donors (Lipinski definition) is 1. The van der Waals surface area contributed by atoms with Gasteiger partial charge in [-0.05, 0) is 55.9 Å². The predicted octanol–water partition coefficient (Wildman–Crippen LogP) is 4.05. The number of nitrogens with one attached hydrogen (secondary N) is 1. The van der Waals surface area contributed by atoms with E-state index in [4.69, 9.17) is 17.0 Å². The first kappa shape index (κ1) is 18.5. The van der Waals surface area contributed by atoms with Crippen molar-refractivity contribution in [3.8, 4) is 5.75 Å². The Morgan fingerprint density at radius 2 is 1.88 bits per heavy atom. The molecule has 0 atom stereocenters. The molecule has 3 rings (SSSR count). The van der Waals surface area contributed by atoms with Crippen molar-refractivity contribution >= 4 is 28.7 Å². The van der Waals surface area contributed by atoms with E-state index in [1.807, 2.05) is 31.2 Å². The van der Waals surface area contributed by atoms with Crippen molar-refractivity contribution < 1.29 is 9.13 Å². The Morgan fingerprint density at radius 3 is 2.58 bits per heavy atom. The van der Waals surface area contributed by atoms with Crippen molar-refractivity contribution in [3.05, 3.63) is 53.8 Å². The Hall–Kier alpha value is -2.34. The molecule has 0 amide bonds. The summed E-state index contributed by atoms with van der Waals surface area (Å²) in [6.07, 6.45) is 0. The number of anilines is 2. The average Bonchev–Trinajstić information content (AvgIpc) is 2.66. The second-order valence-corrected chi connectivity index (χ2v) is 6.66. The fourth-order valence-corrected chi connectivity index (χ4v) is 3.32. The molecule has 1 fully saturated rings. The fourth-order valence-electron chi connectivity index (χ4n) is 3.02. The van der Waals surface area contributed by atoms with Crippen LogP contribution in [0.2, 0.25) is 0 Å². The molecule has 0 saturated carbocycles. The summed E-state index contributed by atoms with van der Waals surface area (Å²) in [5.41, 5.74) is 2.43. The molecule has 0 aliphatic carbocycles. The van der Waals surface area contributed by atoms with Gasteiger partial charge in [0.1, 0.15) is 11.6 Å². The van der Waals surface area contributed by atoms with Crippen LogP contribution in [0.25, 0.3) is 0 Å². The van der Waals surface area contributed by atoms with E-state index in [0.29, 0.717) is 23.0 Å². The Kier molecular flexibility index (Phi) is 5.93. The standard InChI is InChI=1S/C20H24FN3OS/c1-3-25-19-7-5-4-6-18(19)23-10-12-24(13-11-23)20(26)22-16-9-8-15(2)17(21)14-16/h4-9,14H,3,10-13H2,1-2H3,(H,22,26). The maximum absolute atomic E-state index is 13.7. The zero-order chi connectivity index (χ0) is 18.5. The van der Waals surface area contributed by atoms with Gasteiger partial charge < -0.3 is 19.9 Å². The maximum atomic E-state index is 13.7. The molecular formula is C20H24FN3OS. The highest BCUT2D eigenvalue weighted by molar-refractivity contribution is 7.80. The van der Waals surface area contributed by atoms with Crippen LogP contribution in [0.15, 0.2) is 42.5 Å². The Balaban J connectivity index is 1.59. The monoisotopic (exact) mass is 373 g/mol. The normalized spacial score (nSPS) is 14.3. The van der Waals surface area contributed by atoms with Crippen LogP contribution in [-0.4, -0.2) is 42.8 Å². The molecule has 1 saturated heterocycles. The van der Waals surface area contributed by atoms with Gasteiger partial charge in [-0.1, -0.05) is 18.2 Å². The van der Waals surface area contributed by atoms with E-state index in [1.165, 1.54) is 6.07 Å². The number of thiocarbonyl (C=S) groups is 1. The minimum Gasteiger partial charge on any atom is -0.492 e. The van der Waals surface area contributed by atoms with E-state index in [2.05, 4.69) is 21.2 Å². The Bertz CT molecular complexity index is 775. The number of piperazine rings is 1. The number of ether oxygens (including phenoxy) is 1. The summed E-state index contributed by atoms with van der Waals surface area (Å²) in [4.78, 5) is 4.43. The van der Waals surface area contributed by atoms with Crippen LogP contribution in [0, 0.1) is 12.7 Å². The van der Waals surface area contributed by atoms with Gasteiger partial charge in [0.15, 0.2) is 5.11 Å². The smallest absolute Gasteiger partial charge is 0.173 e. The topological polar surface area (TPSA) is 27.7 Å². The first-order valence-corrected chi connectivity index (χ1v) is 9.28. The van der Waals surface area contributed by atoms with Crippen LogP contribution >= 0.6 is 12.2 Å². The number of benzene rings is 2. The quantitative estimate of drug-likeness (QED) is 0.816. The lowest BCUT2D eigenvalue weighted by atomic mass is 10.2. The molecule has 0 radical (unpaired) electrons. The van der Waals surface area contributed by atoms with Gasteiger partial charge in [-0.3, -0.25) is 0 Å². The molecule has 0 unspecified atom stereocenters. The van der Waals surface area contributed by atoms with E-state index in [9.17, 15) is 4.39 Å². The summed E-state index contributed by atoms with van der Waals surface area (Å²) in [5, 5.41) is 3.77. The average molecular weight is 373 g/mol. The molecule has 1 aliphatic heterocycles. The van der Waals surface area contributed by atoms with E-state index < -0.39 is 0 Å². The Morgan fingerprint density at radius 1 is 1.15 bits per heavy atom. The molecule has 0 bridgehead atoms. The Labute approximate surface area is 159 Å². The summed E-state index contributed by atoms with van der Waals surface area (Å²) in [5.74, 6) is 0.689. The van der Waals surface area contributed by atoms with E-state index in [1.54, 1.807) is 13.0 Å². The highest BCUT2D eigenvalue weighted by atomic mass is 32.1. The molecule has 1 heterocycles. The third-order valence-corrected chi connectivity index (χ3v) is 4.86. The highest BCUT2D eigenvalue weighted by Crippen LogP contribution is 2.29. The van der Waals surface area contributed by atoms with Crippen LogP contribution in [0.3, 0.4) is 0 Å². The molecule has 2 aromatic carbocycles. The second kappa shape index (κ2) is 8.36. The molecule has 1 N–H and O–H groups in total. The summed E-state index contributed by atoms with van der Waals surface area (Å²) in [7, 11) is 0. The largest absolute Gasteiger partial charge is 0.492 e. The van der Waals surface area contributed by atoms with Crippen molar-refractivity contribution in [1.29, 1.82) is 0 Å². The van der Waals surface area contributed by atoms with E-state index in [-0.39, 0.29) is 5.82 Å². The molecule has 1 aliphatic rings. The van der Waals surface area contributed by atoms with Gasteiger partial charge in [0.05, 0.1) is 12.3 Å². The third-order valence-electron chi connectivity index (χ3n) is 4.50. The number of nitrogens with zero attached hydrogens (tertiary/aromatic N) is 2. The lowest BCUT2D eigenvalue weighted by Gasteiger charge is -2.38. The van der Waals surface area contributed by atoms with Gasteiger partial charge in [0, 0.05) is 31.9 Å². The number of rotatable bonds is 4. The van der Waals surface area contributed by atoms with Crippen molar-refractivity contribution in [2.75, 3.05) is 43.0 Å². The molecule has 4 nitrogen and oxygen atoms in total. The molecule has 26 heavy (non-hydrogen) atoms. The van der Waals surface area contributed by atoms with E-state index >= 15 is 0 Å². The van der Waals surface area contributed by atoms with Gasteiger partial charge >= 0.3 is 0 Å². The predicted molar refractivity (Wildman–Crippen MR) is 109 cm³/mol. The molecule has 6 heteroatoms. The maximum Gasteiger partial charge on any atom is 0.173 e. The van der Waals surface area contributed by atoms with Crippen LogP contribution < -0.4 is 15.0 Å². The van der Waals surface area contributed by atoms with Gasteiger partial charge in [-0.2, -0.15) is 0 Å². The summed E-state index contributed by atoms with van der Waals surface area (Å²) in [6, 6.07) is 13.2. The first-order valence-electron chi connectivity index (χ1n) is 8.87. The van der Waals surface area contributed by atoms with Crippen molar-refractivity contribution in [2.45, 2.75) is 13.8 Å². The van der Waals surface area contributed by atoms with Crippen molar-refractivity contribution in [3.63, 3.8) is 0 Å². The van der Waals surface area contributed by atoms with E-state index in [0.717, 1.165) is 37.6 Å². The number of hydrogen-bond acceptors (Lipinski definition) is 3. The van der Waals surface area contributed by atoms with Crippen LogP contribution in [0.4, 0.5) is 15.8 Å². The summed E-state index contributed by atoms with van der Waals surface area (Å²) >= 11 is 5.50. The van der Waals surface area contributed by atoms with Crippen LogP contribution in [-0.2, 0) is 0 Å². The minimum absolute atomic E-state index is 0.227. The number of para-hydroxylation sites is 2. The first-order chi connectivity index (χ1) is 12.6. The fraction of sp³-hybridized carbons (Fsp3) is 0.350. The van der Waals surface area contributed by atoms with Gasteiger partial charge in [0.2, 0.25) is 0 Å². The molecule has 138 valence electrons. The zero-order valence-electron chi connectivity index (χ0n) is 15.2. The molecule has 0 aromatic heterocycles. The molecule has 2 aromatic rings. The highest BCUT2D eigenvalue weighted by Gasteiger charge is 2.21. The summed E-state index contributed by atoms with van der Waals surface area (Å²) in [6.45, 7) is 7.71. The van der Waals surface area contributed by atoms with Crippen molar-refractivity contribution in [2.24, 2.45) is 0 Å². The number of halogens is 1. The summed E-state index contributed by atoms with van der Waals surface area (Å²) < 4.78 is 19.4. The molecular weight excluding hydrogens is 349 g/mol. The van der Waals surface area contributed by atoms with Gasteiger partial charge in [-0.15, -0.1) is 0 Å². The van der Waals surface area contributed by atoms with Crippen LogP contribution in [0.5, 0.6) is 5.75 Å². The third kappa shape index (κ3) is 4.25. The lowest BCUT2D eigenvalue weighted by Crippen LogP contribution is -2.50. The zero-order valence-corrected chi connectivity index (χ0v) is 16.0. The van der Waals surface area contributed by atoms with Gasteiger partial charge in [0.25, 0.3) is 0 Å².